The predicted octanol–water partition coefficient (Wildman–Crippen LogP) is 4.85. The molecule has 0 spiro atoms. The number of benzene rings is 1. The number of carbonyl (C=O) groups is 1. The van der Waals surface area contributed by atoms with Gasteiger partial charge in [-0.05, 0) is 52.0 Å². The molecule has 0 N–H and O–H groups in total. The van der Waals surface area contributed by atoms with Gasteiger partial charge in [0.05, 0.1) is 16.2 Å². The van der Waals surface area contributed by atoms with Gasteiger partial charge < -0.3 is 14.5 Å². The van der Waals surface area contributed by atoms with Crippen molar-refractivity contribution in [1.82, 2.24) is 19.9 Å². The predicted molar refractivity (Wildman–Crippen MR) is 122 cm³/mol. The minimum Gasteiger partial charge on any atom is -0.444 e. The van der Waals surface area contributed by atoms with Crippen LogP contribution in [-0.2, 0) is 4.74 Å². The van der Waals surface area contributed by atoms with Gasteiger partial charge in [0.1, 0.15) is 11.4 Å². The summed E-state index contributed by atoms with van der Waals surface area (Å²) in [7, 11) is 0. The minimum atomic E-state index is -0.812. The molecule has 1 fully saturated rings. The van der Waals surface area contributed by atoms with Crippen molar-refractivity contribution < 1.29 is 13.9 Å². The highest BCUT2D eigenvalue weighted by Crippen LogP contribution is 2.34. The monoisotopic (exact) mass is 457 g/mol. The molecule has 0 unspecified atom stereocenters. The van der Waals surface area contributed by atoms with E-state index in [2.05, 4.69) is 15.0 Å². The molecule has 4 rings (SSSR count). The van der Waals surface area contributed by atoms with Crippen LogP contribution in [0.25, 0.3) is 22.2 Å². The first-order chi connectivity index (χ1) is 15.1. The summed E-state index contributed by atoms with van der Waals surface area (Å²) in [6, 6.07) is 9.15. The molecule has 1 saturated heterocycles. The number of rotatable bonds is 2. The number of amides is 1. The van der Waals surface area contributed by atoms with E-state index in [0.717, 1.165) is 5.69 Å². The maximum Gasteiger partial charge on any atom is 0.410 e. The summed E-state index contributed by atoms with van der Waals surface area (Å²) in [5.74, 6) is 0.460. The molecule has 3 aromatic rings. The third-order valence-electron chi connectivity index (χ3n) is 5.13. The number of hydrogen-bond donors (Lipinski definition) is 0. The zero-order valence-corrected chi connectivity index (χ0v) is 19.3. The zero-order chi connectivity index (χ0) is 23.0. The SMILES string of the molecule is Cc1cccc(-c2cc3nc(F)nc(N4CCN(C(=O)OC(C)(C)C)CC4)c3cc2Cl)n1. The standard InChI is InChI=1S/C23H25ClFN5O2/c1-14-6-5-7-18(26-14)15-13-19-16(12-17(15)24)20(28-21(25)27-19)29-8-10-30(11-9-29)22(31)32-23(2,3)4/h5-7,12-13H,8-11H2,1-4H3. The van der Waals surface area contributed by atoms with Gasteiger partial charge in [0.2, 0.25) is 0 Å². The molecule has 1 aliphatic heterocycles. The number of aromatic nitrogens is 3. The van der Waals surface area contributed by atoms with Crippen LogP contribution in [-0.4, -0.2) is 57.7 Å². The lowest BCUT2D eigenvalue weighted by Gasteiger charge is -2.36. The Balaban J connectivity index is 1.63. The molecule has 9 heteroatoms. The number of carbonyl (C=O) groups excluding carboxylic acids is 1. The largest absolute Gasteiger partial charge is 0.444 e. The lowest BCUT2D eigenvalue weighted by molar-refractivity contribution is 0.0240. The van der Waals surface area contributed by atoms with Gasteiger partial charge >= 0.3 is 12.2 Å². The highest BCUT2D eigenvalue weighted by atomic mass is 35.5. The lowest BCUT2D eigenvalue weighted by Crippen LogP contribution is -2.50. The molecule has 3 heterocycles. The van der Waals surface area contributed by atoms with E-state index in [-0.39, 0.29) is 6.09 Å². The molecule has 7 nitrogen and oxygen atoms in total. The molecule has 2 aromatic heterocycles. The number of ether oxygens (including phenoxy) is 1. The number of anilines is 1. The molecule has 0 radical (unpaired) electrons. The van der Waals surface area contributed by atoms with E-state index in [9.17, 15) is 9.18 Å². The van der Waals surface area contributed by atoms with Gasteiger partial charge in [-0.15, -0.1) is 0 Å². The van der Waals surface area contributed by atoms with Crippen LogP contribution < -0.4 is 4.90 Å². The van der Waals surface area contributed by atoms with Crippen molar-refractivity contribution in [1.29, 1.82) is 0 Å². The molecular formula is C23H25ClFN5O2. The van der Waals surface area contributed by atoms with Gasteiger partial charge in [0, 0.05) is 42.8 Å². The van der Waals surface area contributed by atoms with Gasteiger partial charge in [-0.1, -0.05) is 17.7 Å². The van der Waals surface area contributed by atoms with Gasteiger partial charge in [0.25, 0.3) is 0 Å². The smallest absolute Gasteiger partial charge is 0.410 e. The number of nitrogens with zero attached hydrogens (tertiary/aromatic N) is 5. The Labute approximate surface area is 191 Å². The van der Waals surface area contributed by atoms with Crippen LogP contribution in [0.5, 0.6) is 0 Å². The molecule has 168 valence electrons. The number of aryl methyl sites for hydroxylation is 1. The number of hydrogen-bond acceptors (Lipinski definition) is 6. The quantitative estimate of drug-likeness (QED) is 0.512. The maximum absolute atomic E-state index is 14.4. The minimum absolute atomic E-state index is 0.353. The van der Waals surface area contributed by atoms with Crippen molar-refractivity contribution in [3.05, 3.63) is 47.1 Å². The molecule has 0 bridgehead atoms. The first-order valence-corrected chi connectivity index (χ1v) is 10.8. The second kappa shape index (κ2) is 8.50. The summed E-state index contributed by atoms with van der Waals surface area (Å²) in [5.41, 5.74) is 2.13. The average Bonchev–Trinajstić information content (AvgIpc) is 2.72. The second-order valence-corrected chi connectivity index (χ2v) is 9.19. The van der Waals surface area contributed by atoms with Crippen molar-refractivity contribution >= 4 is 34.4 Å². The van der Waals surface area contributed by atoms with E-state index in [0.29, 0.717) is 59.2 Å². The highest BCUT2D eigenvalue weighted by molar-refractivity contribution is 6.34. The van der Waals surface area contributed by atoms with Crippen LogP contribution >= 0.6 is 11.6 Å². The summed E-state index contributed by atoms with van der Waals surface area (Å²) < 4.78 is 19.8. The van der Waals surface area contributed by atoms with E-state index < -0.39 is 11.7 Å². The molecule has 1 aliphatic rings. The zero-order valence-electron chi connectivity index (χ0n) is 18.5. The van der Waals surface area contributed by atoms with Gasteiger partial charge in [-0.3, -0.25) is 4.98 Å². The third-order valence-corrected chi connectivity index (χ3v) is 5.45. The summed E-state index contributed by atoms with van der Waals surface area (Å²) in [4.78, 5) is 28.5. The highest BCUT2D eigenvalue weighted by Gasteiger charge is 2.27. The Kier molecular flexibility index (Phi) is 5.90. The summed E-state index contributed by atoms with van der Waals surface area (Å²) in [6.45, 7) is 9.27. The number of fused-ring (bicyclic) bond motifs is 1. The van der Waals surface area contributed by atoms with Crippen LogP contribution in [0.3, 0.4) is 0 Å². The average molecular weight is 458 g/mol. The Morgan fingerprint density at radius 2 is 1.81 bits per heavy atom. The van der Waals surface area contributed by atoms with Gasteiger partial charge in [-0.25, -0.2) is 9.78 Å². The topological polar surface area (TPSA) is 71.5 Å². The van der Waals surface area contributed by atoms with Gasteiger partial charge in [0.15, 0.2) is 0 Å². The van der Waals surface area contributed by atoms with Crippen molar-refractivity contribution in [2.75, 3.05) is 31.1 Å². The molecule has 0 aliphatic carbocycles. The molecule has 1 aromatic carbocycles. The number of halogens is 2. The van der Waals surface area contributed by atoms with Crippen molar-refractivity contribution in [2.24, 2.45) is 0 Å². The van der Waals surface area contributed by atoms with Crippen LogP contribution in [0.4, 0.5) is 15.0 Å². The number of piperazine rings is 1. The van der Waals surface area contributed by atoms with Crippen LogP contribution in [0.15, 0.2) is 30.3 Å². The Morgan fingerprint density at radius 1 is 1.09 bits per heavy atom. The summed E-state index contributed by atoms with van der Waals surface area (Å²) >= 11 is 6.59. The second-order valence-electron chi connectivity index (χ2n) is 8.78. The lowest BCUT2D eigenvalue weighted by atomic mass is 10.1. The van der Waals surface area contributed by atoms with Crippen molar-refractivity contribution in [3.8, 4) is 11.3 Å². The first-order valence-electron chi connectivity index (χ1n) is 10.4. The Morgan fingerprint density at radius 3 is 2.47 bits per heavy atom. The van der Waals surface area contributed by atoms with Crippen LogP contribution in [0.2, 0.25) is 5.02 Å². The molecule has 1 amide bonds. The normalized spacial score (nSPS) is 14.7. The van der Waals surface area contributed by atoms with E-state index in [4.69, 9.17) is 16.3 Å². The Hall–Kier alpha value is -3.00. The first kappa shape index (κ1) is 22.2. The number of pyridine rings is 1. The fourth-order valence-electron chi connectivity index (χ4n) is 3.66. The van der Waals surface area contributed by atoms with Crippen LogP contribution in [0, 0.1) is 13.0 Å². The molecule has 0 atom stereocenters. The summed E-state index contributed by atoms with van der Waals surface area (Å²) in [5, 5.41) is 1.14. The third kappa shape index (κ3) is 4.75. The molecule has 0 saturated carbocycles. The fraction of sp³-hybridized carbons (Fsp3) is 0.391. The summed E-state index contributed by atoms with van der Waals surface area (Å²) in [6.07, 6.45) is -1.17. The van der Waals surface area contributed by atoms with Crippen LogP contribution in [0.1, 0.15) is 26.5 Å². The van der Waals surface area contributed by atoms with E-state index in [1.807, 2.05) is 50.8 Å². The maximum atomic E-state index is 14.4. The van der Waals surface area contributed by atoms with Crippen molar-refractivity contribution in [2.45, 2.75) is 33.3 Å². The molecule has 32 heavy (non-hydrogen) atoms. The van der Waals surface area contributed by atoms with Crippen molar-refractivity contribution in [3.63, 3.8) is 0 Å². The van der Waals surface area contributed by atoms with E-state index in [1.165, 1.54) is 0 Å². The van der Waals surface area contributed by atoms with E-state index >= 15 is 0 Å². The molecular weight excluding hydrogens is 433 g/mol. The fourth-order valence-corrected chi connectivity index (χ4v) is 3.92. The Bertz CT molecular complexity index is 1170. The van der Waals surface area contributed by atoms with Gasteiger partial charge in [-0.2, -0.15) is 9.37 Å². The van der Waals surface area contributed by atoms with E-state index in [1.54, 1.807) is 17.0 Å².